The first-order valence-corrected chi connectivity index (χ1v) is 8.04. The number of phenols is 1. The van der Waals surface area contributed by atoms with Gasteiger partial charge in [-0.2, -0.15) is 0 Å². The molecule has 0 spiro atoms. The van der Waals surface area contributed by atoms with Crippen molar-refractivity contribution in [3.63, 3.8) is 0 Å². The maximum absolute atomic E-state index is 10.3. The summed E-state index contributed by atoms with van der Waals surface area (Å²) in [6.07, 6.45) is 5.50. The van der Waals surface area contributed by atoms with E-state index in [-0.39, 0.29) is 6.04 Å². The van der Waals surface area contributed by atoms with Crippen LogP contribution in [0.4, 0.5) is 5.69 Å². The zero-order valence-corrected chi connectivity index (χ0v) is 13.1. The number of phenolic OH excluding ortho intramolecular Hbond substituents is 1. The Labute approximate surface area is 135 Å². The van der Waals surface area contributed by atoms with E-state index < -0.39 is 0 Å². The Hall–Kier alpha value is -1.93. The number of aryl methyl sites for hydroxylation is 1. The highest BCUT2D eigenvalue weighted by Gasteiger charge is 2.40. The SMILES string of the molecule is Cc1ccc(Cl)c2c1NC(c1ccccc1O)C1CC=CC21. The number of aromatic hydroxyl groups is 1. The van der Waals surface area contributed by atoms with Crippen LogP contribution in [0.15, 0.2) is 48.6 Å². The molecule has 4 rings (SSSR count). The van der Waals surface area contributed by atoms with Crippen LogP contribution in [0.2, 0.25) is 5.02 Å². The van der Waals surface area contributed by atoms with Crippen LogP contribution in [-0.2, 0) is 0 Å². The lowest BCUT2D eigenvalue weighted by molar-refractivity contribution is 0.402. The fourth-order valence-corrected chi connectivity index (χ4v) is 4.15. The predicted octanol–water partition coefficient (Wildman–Crippen LogP) is 5.18. The Balaban J connectivity index is 1.88. The topological polar surface area (TPSA) is 32.3 Å². The first-order chi connectivity index (χ1) is 10.7. The first kappa shape index (κ1) is 13.7. The first-order valence-electron chi connectivity index (χ1n) is 7.67. The van der Waals surface area contributed by atoms with Crippen LogP contribution in [0, 0.1) is 12.8 Å². The Kier molecular flexibility index (Phi) is 3.16. The standard InChI is InChI=1S/C19H18ClNO/c1-11-9-10-15(20)17-12-6-4-7-13(12)19(21-18(11)17)14-5-2-3-8-16(14)22/h2-6,8-10,12-13,19,21-22H,7H2,1H3. The summed E-state index contributed by atoms with van der Waals surface area (Å²) in [6, 6.07) is 11.8. The summed E-state index contributed by atoms with van der Waals surface area (Å²) in [4.78, 5) is 0. The van der Waals surface area contributed by atoms with Gasteiger partial charge in [0.25, 0.3) is 0 Å². The van der Waals surface area contributed by atoms with Crippen LogP contribution in [0.25, 0.3) is 0 Å². The Morgan fingerprint density at radius 3 is 2.82 bits per heavy atom. The summed E-state index contributed by atoms with van der Waals surface area (Å²) in [7, 11) is 0. The van der Waals surface area contributed by atoms with Crippen LogP contribution < -0.4 is 5.32 Å². The number of anilines is 1. The zero-order valence-electron chi connectivity index (χ0n) is 12.4. The number of hydrogen-bond donors (Lipinski definition) is 2. The molecule has 2 aromatic carbocycles. The molecule has 0 radical (unpaired) electrons. The molecule has 3 unspecified atom stereocenters. The van der Waals surface area contributed by atoms with E-state index in [1.807, 2.05) is 24.3 Å². The van der Waals surface area contributed by atoms with Gasteiger partial charge in [-0.05, 0) is 37.0 Å². The molecular weight excluding hydrogens is 294 g/mol. The summed E-state index contributed by atoms with van der Waals surface area (Å²) in [5, 5.41) is 14.7. The van der Waals surface area contributed by atoms with Gasteiger partial charge in [-0.15, -0.1) is 0 Å². The lowest BCUT2D eigenvalue weighted by atomic mass is 9.76. The molecule has 0 aromatic heterocycles. The number of hydrogen-bond acceptors (Lipinski definition) is 2. The Morgan fingerprint density at radius 2 is 2.00 bits per heavy atom. The van der Waals surface area contributed by atoms with E-state index in [0.29, 0.717) is 17.6 Å². The molecule has 1 aliphatic carbocycles. The summed E-state index contributed by atoms with van der Waals surface area (Å²) in [5.74, 6) is 1.06. The lowest BCUT2D eigenvalue weighted by Gasteiger charge is -2.39. The van der Waals surface area contributed by atoms with E-state index in [2.05, 4.69) is 30.5 Å². The van der Waals surface area contributed by atoms with Crippen molar-refractivity contribution in [2.24, 2.45) is 5.92 Å². The molecule has 2 aromatic rings. The fraction of sp³-hybridized carbons (Fsp3) is 0.263. The van der Waals surface area contributed by atoms with Crippen molar-refractivity contribution in [2.75, 3.05) is 5.32 Å². The van der Waals surface area contributed by atoms with Crippen molar-refractivity contribution in [2.45, 2.75) is 25.3 Å². The second kappa shape index (κ2) is 5.06. The molecule has 0 bridgehead atoms. The fourth-order valence-electron chi connectivity index (χ4n) is 3.87. The summed E-state index contributed by atoms with van der Waals surface area (Å²) >= 11 is 6.48. The van der Waals surface area contributed by atoms with E-state index in [1.54, 1.807) is 6.07 Å². The molecule has 22 heavy (non-hydrogen) atoms. The molecule has 2 nitrogen and oxygen atoms in total. The molecule has 2 N–H and O–H groups in total. The molecule has 3 heteroatoms. The predicted molar refractivity (Wildman–Crippen MR) is 90.6 cm³/mol. The maximum Gasteiger partial charge on any atom is 0.120 e. The third kappa shape index (κ3) is 1.94. The van der Waals surface area contributed by atoms with E-state index in [1.165, 1.54) is 11.1 Å². The molecule has 2 aliphatic rings. The van der Waals surface area contributed by atoms with Crippen molar-refractivity contribution in [1.29, 1.82) is 0 Å². The van der Waals surface area contributed by atoms with Crippen LogP contribution in [0.3, 0.4) is 0 Å². The molecule has 0 fully saturated rings. The molecule has 1 heterocycles. The van der Waals surface area contributed by atoms with Crippen LogP contribution >= 0.6 is 11.6 Å². The van der Waals surface area contributed by atoms with Gasteiger partial charge in [0, 0.05) is 27.8 Å². The van der Waals surface area contributed by atoms with Crippen molar-refractivity contribution >= 4 is 17.3 Å². The minimum Gasteiger partial charge on any atom is -0.508 e. The number of para-hydroxylation sites is 1. The van der Waals surface area contributed by atoms with Crippen molar-refractivity contribution < 1.29 is 5.11 Å². The average molecular weight is 312 g/mol. The highest BCUT2D eigenvalue weighted by molar-refractivity contribution is 6.32. The molecule has 0 saturated carbocycles. The summed E-state index contributed by atoms with van der Waals surface area (Å²) < 4.78 is 0. The molecule has 3 atom stereocenters. The number of halogens is 1. The molecular formula is C19H18ClNO. The highest BCUT2D eigenvalue weighted by atomic mass is 35.5. The van der Waals surface area contributed by atoms with Gasteiger partial charge in [0.05, 0.1) is 6.04 Å². The van der Waals surface area contributed by atoms with Crippen molar-refractivity contribution in [3.8, 4) is 5.75 Å². The van der Waals surface area contributed by atoms with E-state index in [9.17, 15) is 5.11 Å². The van der Waals surface area contributed by atoms with Gasteiger partial charge in [0.1, 0.15) is 5.75 Å². The molecule has 1 aliphatic heterocycles. The monoisotopic (exact) mass is 311 g/mol. The molecule has 0 saturated heterocycles. The van der Waals surface area contributed by atoms with Gasteiger partial charge in [-0.3, -0.25) is 0 Å². The third-order valence-corrected chi connectivity index (χ3v) is 5.28. The van der Waals surface area contributed by atoms with Gasteiger partial charge in [0.15, 0.2) is 0 Å². The van der Waals surface area contributed by atoms with Gasteiger partial charge in [-0.25, -0.2) is 0 Å². The summed E-state index contributed by atoms with van der Waals surface area (Å²) in [6.45, 7) is 2.10. The second-order valence-corrected chi connectivity index (χ2v) is 6.59. The number of rotatable bonds is 1. The van der Waals surface area contributed by atoms with Crippen molar-refractivity contribution in [3.05, 3.63) is 70.3 Å². The second-order valence-electron chi connectivity index (χ2n) is 6.19. The molecule has 112 valence electrons. The van der Waals surface area contributed by atoms with Crippen LogP contribution in [0.5, 0.6) is 5.75 Å². The van der Waals surface area contributed by atoms with Gasteiger partial charge in [-0.1, -0.05) is 48.0 Å². The Bertz CT molecular complexity index is 768. The highest BCUT2D eigenvalue weighted by Crippen LogP contribution is 2.53. The number of fused-ring (bicyclic) bond motifs is 3. The number of nitrogens with one attached hydrogen (secondary N) is 1. The quantitative estimate of drug-likeness (QED) is 0.711. The molecule has 0 amide bonds. The maximum atomic E-state index is 10.3. The third-order valence-electron chi connectivity index (χ3n) is 4.95. The van der Waals surface area contributed by atoms with Crippen LogP contribution in [-0.4, -0.2) is 5.11 Å². The minimum absolute atomic E-state index is 0.103. The largest absolute Gasteiger partial charge is 0.508 e. The summed E-state index contributed by atoms with van der Waals surface area (Å²) in [5.41, 5.74) is 4.48. The Morgan fingerprint density at radius 1 is 1.18 bits per heavy atom. The van der Waals surface area contributed by atoms with E-state index in [4.69, 9.17) is 11.6 Å². The lowest BCUT2D eigenvalue weighted by Crippen LogP contribution is -2.29. The smallest absolute Gasteiger partial charge is 0.120 e. The van der Waals surface area contributed by atoms with E-state index >= 15 is 0 Å². The van der Waals surface area contributed by atoms with Gasteiger partial charge in [0.2, 0.25) is 0 Å². The van der Waals surface area contributed by atoms with Crippen LogP contribution in [0.1, 0.15) is 35.1 Å². The normalized spacial score (nSPS) is 25.5. The van der Waals surface area contributed by atoms with Gasteiger partial charge < -0.3 is 10.4 Å². The minimum atomic E-state index is 0.103. The van der Waals surface area contributed by atoms with Crippen molar-refractivity contribution in [1.82, 2.24) is 0 Å². The number of allylic oxidation sites excluding steroid dienone is 2. The van der Waals surface area contributed by atoms with E-state index in [0.717, 1.165) is 22.7 Å². The zero-order chi connectivity index (χ0) is 15.3. The van der Waals surface area contributed by atoms with Gasteiger partial charge >= 0.3 is 0 Å². The average Bonchev–Trinajstić information content (AvgIpc) is 3.00. The number of benzene rings is 2.